The Bertz CT molecular complexity index is 428. The molecule has 0 amide bonds. The molecular formula is C18H30Cl2N2. The normalized spacial score (nSPS) is 25.8. The average Bonchev–Trinajstić information content (AvgIpc) is 2.47. The van der Waals surface area contributed by atoms with E-state index < -0.39 is 0 Å². The van der Waals surface area contributed by atoms with Crippen LogP contribution in [0, 0.1) is 0 Å². The van der Waals surface area contributed by atoms with Gasteiger partial charge in [-0.2, -0.15) is 0 Å². The van der Waals surface area contributed by atoms with Gasteiger partial charge in [0.25, 0.3) is 0 Å². The van der Waals surface area contributed by atoms with Crippen LogP contribution in [-0.2, 0) is 0 Å². The molecule has 0 aromatic heterocycles. The molecule has 0 saturated carbocycles. The predicted molar refractivity (Wildman–Crippen MR) is 99.6 cm³/mol. The number of hydrogen-bond acceptors (Lipinski definition) is 2. The van der Waals surface area contributed by atoms with Crippen molar-refractivity contribution in [3.8, 4) is 0 Å². The highest BCUT2D eigenvalue weighted by Crippen LogP contribution is 2.31. The first-order valence-electron chi connectivity index (χ1n) is 8.18. The molecule has 1 unspecified atom stereocenters. The summed E-state index contributed by atoms with van der Waals surface area (Å²) < 4.78 is 0. The zero-order chi connectivity index (χ0) is 14.0. The first kappa shape index (κ1) is 19.8. The van der Waals surface area contributed by atoms with Crippen LogP contribution >= 0.6 is 24.8 Å². The lowest BCUT2D eigenvalue weighted by Gasteiger charge is -2.44. The van der Waals surface area contributed by atoms with Crippen molar-refractivity contribution >= 4 is 24.8 Å². The van der Waals surface area contributed by atoms with E-state index >= 15 is 0 Å². The lowest BCUT2D eigenvalue weighted by molar-refractivity contribution is 0.0943. The molecule has 0 aliphatic carbocycles. The molecule has 4 heteroatoms. The fraction of sp³-hybridized carbons (Fsp3) is 0.667. The summed E-state index contributed by atoms with van der Waals surface area (Å²) in [6, 6.07) is 11.9. The van der Waals surface area contributed by atoms with Gasteiger partial charge in [0.1, 0.15) is 0 Å². The number of nitrogens with zero attached hydrogens (tertiary/aromatic N) is 1. The molecule has 0 spiro atoms. The Morgan fingerprint density at radius 2 is 1.64 bits per heavy atom. The third kappa shape index (κ3) is 4.86. The quantitative estimate of drug-likeness (QED) is 0.862. The van der Waals surface area contributed by atoms with Gasteiger partial charge in [-0.15, -0.1) is 24.8 Å². The summed E-state index contributed by atoms with van der Waals surface area (Å²) in [4.78, 5) is 2.75. The maximum absolute atomic E-state index is 3.64. The summed E-state index contributed by atoms with van der Waals surface area (Å²) in [5.41, 5.74) is 1.86. The largest absolute Gasteiger partial charge is 0.312 e. The van der Waals surface area contributed by atoms with Crippen LogP contribution in [0.3, 0.4) is 0 Å². The highest BCUT2D eigenvalue weighted by molar-refractivity contribution is 5.85. The molecule has 22 heavy (non-hydrogen) atoms. The molecule has 2 heterocycles. The van der Waals surface area contributed by atoms with E-state index in [-0.39, 0.29) is 24.8 Å². The third-order valence-electron chi connectivity index (χ3n) is 5.14. The first-order chi connectivity index (χ1) is 9.64. The maximum Gasteiger partial charge on any atom is 0.0140 e. The van der Waals surface area contributed by atoms with Crippen molar-refractivity contribution in [2.24, 2.45) is 0 Å². The van der Waals surface area contributed by atoms with Gasteiger partial charge in [0.05, 0.1) is 0 Å². The highest BCUT2D eigenvalue weighted by atomic mass is 35.5. The number of benzene rings is 1. The summed E-state index contributed by atoms with van der Waals surface area (Å²) in [6.07, 6.45) is 5.27. The van der Waals surface area contributed by atoms with Gasteiger partial charge in [-0.25, -0.2) is 0 Å². The van der Waals surface area contributed by atoms with E-state index in [9.17, 15) is 0 Å². The van der Waals surface area contributed by atoms with Crippen LogP contribution in [0.1, 0.15) is 51.0 Å². The molecule has 1 atom stereocenters. The average molecular weight is 345 g/mol. The van der Waals surface area contributed by atoms with Crippen molar-refractivity contribution in [1.82, 2.24) is 10.2 Å². The molecule has 2 nitrogen and oxygen atoms in total. The van der Waals surface area contributed by atoms with E-state index in [1.54, 1.807) is 0 Å². The molecular weight excluding hydrogens is 315 g/mol. The summed E-state index contributed by atoms with van der Waals surface area (Å²) >= 11 is 0. The van der Waals surface area contributed by atoms with Gasteiger partial charge in [0.15, 0.2) is 0 Å². The number of rotatable bonds is 2. The van der Waals surface area contributed by atoms with Crippen molar-refractivity contribution in [2.45, 2.75) is 57.0 Å². The molecule has 2 aliphatic heterocycles. The van der Waals surface area contributed by atoms with Gasteiger partial charge in [0.2, 0.25) is 0 Å². The van der Waals surface area contributed by atoms with Crippen molar-refractivity contribution in [2.75, 3.05) is 19.6 Å². The van der Waals surface area contributed by atoms with Crippen LogP contribution in [0.2, 0.25) is 0 Å². The Morgan fingerprint density at radius 3 is 2.23 bits per heavy atom. The second-order valence-corrected chi connectivity index (χ2v) is 7.18. The molecule has 1 aromatic rings. The van der Waals surface area contributed by atoms with Gasteiger partial charge in [-0.05, 0) is 70.6 Å². The van der Waals surface area contributed by atoms with Crippen LogP contribution in [0.5, 0.6) is 0 Å². The second kappa shape index (κ2) is 8.54. The molecule has 2 fully saturated rings. The first-order valence-corrected chi connectivity index (χ1v) is 8.18. The molecule has 0 bridgehead atoms. The Labute approximate surface area is 147 Å². The van der Waals surface area contributed by atoms with E-state index in [1.165, 1.54) is 50.9 Å². The SMILES string of the molecule is CC1(C)CC(N2CCC(c3ccccc3)CC2)CCN1.Cl.Cl. The van der Waals surface area contributed by atoms with Crippen LogP contribution < -0.4 is 5.32 Å². The van der Waals surface area contributed by atoms with Crippen molar-refractivity contribution in [3.63, 3.8) is 0 Å². The van der Waals surface area contributed by atoms with Crippen LogP contribution in [0.4, 0.5) is 0 Å². The molecule has 3 rings (SSSR count). The van der Waals surface area contributed by atoms with Crippen molar-refractivity contribution in [1.29, 1.82) is 0 Å². The van der Waals surface area contributed by atoms with Crippen molar-refractivity contribution in [3.05, 3.63) is 35.9 Å². The number of piperidine rings is 2. The Balaban J connectivity index is 0.00000121. The second-order valence-electron chi connectivity index (χ2n) is 7.18. The van der Waals surface area contributed by atoms with Gasteiger partial charge >= 0.3 is 0 Å². The minimum Gasteiger partial charge on any atom is -0.312 e. The summed E-state index contributed by atoms with van der Waals surface area (Å²) in [6.45, 7) is 8.42. The monoisotopic (exact) mass is 344 g/mol. The van der Waals surface area contributed by atoms with Crippen LogP contribution in [0.15, 0.2) is 30.3 Å². The van der Waals surface area contributed by atoms with E-state index in [4.69, 9.17) is 0 Å². The number of nitrogens with one attached hydrogen (secondary N) is 1. The molecule has 2 saturated heterocycles. The van der Waals surface area contributed by atoms with E-state index in [1.807, 2.05) is 0 Å². The Kier molecular flexibility index (Phi) is 7.67. The zero-order valence-electron chi connectivity index (χ0n) is 13.8. The van der Waals surface area contributed by atoms with E-state index in [0.717, 1.165) is 12.0 Å². The van der Waals surface area contributed by atoms with E-state index in [0.29, 0.717) is 5.54 Å². The third-order valence-corrected chi connectivity index (χ3v) is 5.14. The van der Waals surface area contributed by atoms with Crippen molar-refractivity contribution < 1.29 is 0 Å². The van der Waals surface area contributed by atoms with Crippen LogP contribution in [-0.4, -0.2) is 36.1 Å². The zero-order valence-corrected chi connectivity index (χ0v) is 15.4. The fourth-order valence-corrected chi connectivity index (χ4v) is 3.98. The topological polar surface area (TPSA) is 15.3 Å². The van der Waals surface area contributed by atoms with Gasteiger partial charge in [0, 0.05) is 11.6 Å². The summed E-state index contributed by atoms with van der Waals surface area (Å²) in [5.74, 6) is 0.780. The lowest BCUT2D eigenvalue weighted by Crippen LogP contribution is -2.54. The predicted octanol–water partition coefficient (Wildman–Crippen LogP) is 4.24. The van der Waals surface area contributed by atoms with E-state index in [2.05, 4.69) is 54.4 Å². The number of likely N-dealkylation sites (tertiary alicyclic amines) is 1. The van der Waals surface area contributed by atoms with Gasteiger partial charge in [-0.3, -0.25) is 0 Å². The maximum atomic E-state index is 3.64. The smallest absolute Gasteiger partial charge is 0.0140 e. The fourth-order valence-electron chi connectivity index (χ4n) is 3.98. The molecule has 0 radical (unpaired) electrons. The van der Waals surface area contributed by atoms with Gasteiger partial charge in [-0.1, -0.05) is 30.3 Å². The minimum atomic E-state index is 0. The highest BCUT2D eigenvalue weighted by Gasteiger charge is 2.32. The Hall–Kier alpha value is -0.280. The lowest BCUT2D eigenvalue weighted by atomic mass is 9.85. The Morgan fingerprint density at radius 1 is 1.00 bits per heavy atom. The van der Waals surface area contributed by atoms with Gasteiger partial charge < -0.3 is 10.2 Å². The molecule has 1 aromatic carbocycles. The van der Waals surface area contributed by atoms with Crippen LogP contribution in [0.25, 0.3) is 0 Å². The molecule has 1 N–H and O–H groups in total. The number of hydrogen-bond donors (Lipinski definition) is 1. The molecule has 2 aliphatic rings. The summed E-state index contributed by atoms with van der Waals surface area (Å²) in [7, 11) is 0. The standard InChI is InChI=1S/C18H28N2.2ClH/c1-18(2)14-17(8-11-19-18)20-12-9-16(10-13-20)15-6-4-3-5-7-15;;/h3-7,16-17,19H,8-14H2,1-2H3;2*1H. The number of halogens is 2. The molecule has 126 valence electrons. The summed E-state index contributed by atoms with van der Waals surface area (Å²) in [5, 5.41) is 3.64. The minimum absolute atomic E-state index is 0.